The fourth-order valence-corrected chi connectivity index (χ4v) is 5.70. The summed E-state index contributed by atoms with van der Waals surface area (Å²) in [6, 6.07) is 0. The Morgan fingerprint density at radius 2 is 1.80 bits per heavy atom. The van der Waals surface area contributed by atoms with E-state index in [1.54, 1.807) is 13.5 Å². The first-order valence-corrected chi connectivity index (χ1v) is 9.05. The second-order valence-corrected chi connectivity index (χ2v) is 7.67. The fraction of sp³-hybridized carbons (Fsp3) is 1.00. The van der Waals surface area contributed by atoms with E-state index in [-0.39, 0.29) is 0 Å². The zero-order valence-electron chi connectivity index (χ0n) is 13.3. The molecule has 20 heavy (non-hydrogen) atoms. The lowest BCUT2D eigenvalue weighted by Crippen LogP contribution is -2.45. The molecule has 0 spiro atoms. The van der Waals surface area contributed by atoms with E-state index in [0.29, 0.717) is 5.41 Å². The van der Waals surface area contributed by atoms with Crippen molar-refractivity contribution in [3.8, 4) is 0 Å². The van der Waals surface area contributed by atoms with E-state index in [1.165, 1.54) is 64.3 Å². The van der Waals surface area contributed by atoms with Crippen molar-refractivity contribution in [1.82, 2.24) is 5.32 Å². The Kier molecular flexibility index (Phi) is 5.04. The smallest absolute Gasteiger partial charge is 0.0587 e. The van der Waals surface area contributed by atoms with Crippen LogP contribution in [-0.4, -0.2) is 26.8 Å². The number of rotatable bonds is 6. The first-order chi connectivity index (χ1) is 9.85. The maximum absolute atomic E-state index is 5.20. The van der Waals surface area contributed by atoms with Crippen LogP contribution in [0.25, 0.3) is 0 Å². The van der Waals surface area contributed by atoms with Gasteiger partial charge in [-0.15, -0.1) is 0 Å². The molecule has 0 radical (unpaired) electrons. The molecule has 3 fully saturated rings. The van der Waals surface area contributed by atoms with E-state index in [9.17, 15) is 0 Å². The van der Waals surface area contributed by atoms with Gasteiger partial charge in [-0.2, -0.15) is 0 Å². The third-order valence-corrected chi connectivity index (χ3v) is 6.63. The van der Waals surface area contributed by atoms with Crippen molar-refractivity contribution in [3.05, 3.63) is 0 Å². The van der Waals surface area contributed by atoms with Gasteiger partial charge in [-0.3, -0.25) is 0 Å². The van der Waals surface area contributed by atoms with E-state index < -0.39 is 0 Å². The average Bonchev–Trinajstić information content (AvgIpc) is 2.95. The highest BCUT2D eigenvalue weighted by Crippen LogP contribution is 2.61. The van der Waals surface area contributed by atoms with Crippen LogP contribution in [0.4, 0.5) is 0 Å². The van der Waals surface area contributed by atoms with Crippen molar-refractivity contribution in [2.24, 2.45) is 23.2 Å². The molecule has 3 aliphatic rings. The Hall–Kier alpha value is -0.0800. The summed E-state index contributed by atoms with van der Waals surface area (Å²) in [4.78, 5) is 0. The van der Waals surface area contributed by atoms with Crippen molar-refractivity contribution in [1.29, 1.82) is 0 Å². The van der Waals surface area contributed by atoms with Gasteiger partial charge in [0, 0.05) is 20.2 Å². The minimum absolute atomic E-state index is 0.654. The van der Waals surface area contributed by atoms with Crippen molar-refractivity contribution < 1.29 is 4.74 Å². The van der Waals surface area contributed by atoms with Gasteiger partial charge in [-0.25, -0.2) is 0 Å². The van der Waals surface area contributed by atoms with Gasteiger partial charge in [-0.05, 0) is 55.3 Å². The molecule has 0 aromatic carbocycles. The predicted octanol–water partition coefficient (Wildman–Crippen LogP) is 4.00. The lowest BCUT2D eigenvalue weighted by atomic mass is 9.62. The van der Waals surface area contributed by atoms with Gasteiger partial charge in [0.25, 0.3) is 0 Å². The van der Waals surface area contributed by atoms with E-state index in [0.717, 1.165) is 30.9 Å². The van der Waals surface area contributed by atoms with Gasteiger partial charge in [0.1, 0.15) is 0 Å². The van der Waals surface area contributed by atoms with Crippen LogP contribution in [0.5, 0.6) is 0 Å². The maximum atomic E-state index is 5.20. The highest BCUT2D eigenvalue weighted by Gasteiger charge is 2.53. The van der Waals surface area contributed by atoms with Gasteiger partial charge in [0.15, 0.2) is 0 Å². The summed E-state index contributed by atoms with van der Waals surface area (Å²) in [7, 11) is 1.81. The van der Waals surface area contributed by atoms with Gasteiger partial charge in [-0.1, -0.05) is 32.1 Å². The summed E-state index contributed by atoms with van der Waals surface area (Å²) < 4.78 is 5.20. The second-order valence-electron chi connectivity index (χ2n) is 7.67. The molecular weight excluding hydrogens is 246 g/mol. The number of methoxy groups -OCH3 is 1. The summed E-state index contributed by atoms with van der Waals surface area (Å²) in [5.41, 5.74) is 0.654. The quantitative estimate of drug-likeness (QED) is 0.586. The Morgan fingerprint density at radius 1 is 1.00 bits per heavy atom. The van der Waals surface area contributed by atoms with Crippen LogP contribution in [0.3, 0.4) is 0 Å². The average molecular weight is 279 g/mol. The number of nitrogens with one attached hydrogen (secondary N) is 1. The number of hydrogen-bond donors (Lipinski definition) is 1. The van der Waals surface area contributed by atoms with E-state index >= 15 is 0 Å². The maximum Gasteiger partial charge on any atom is 0.0587 e. The van der Waals surface area contributed by atoms with Gasteiger partial charge >= 0.3 is 0 Å². The molecule has 0 aromatic heterocycles. The van der Waals surface area contributed by atoms with Crippen molar-refractivity contribution in [3.63, 3.8) is 0 Å². The Balaban J connectivity index is 1.66. The third-order valence-electron chi connectivity index (χ3n) is 6.63. The zero-order valence-corrected chi connectivity index (χ0v) is 13.3. The highest BCUT2D eigenvalue weighted by molar-refractivity contribution is 5.04. The summed E-state index contributed by atoms with van der Waals surface area (Å²) >= 11 is 0. The van der Waals surface area contributed by atoms with Crippen LogP contribution in [0.15, 0.2) is 0 Å². The topological polar surface area (TPSA) is 21.3 Å². The molecule has 2 nitrogen and oxygen atoms in total. The fourth-order valence-electron chi connectivity index (χ4n) is 5.70. The molecule has 3 aliphatic carbocycles. The normalized spacial score (nSPS) is 38.2. The van der Waals surface area contributed by atoms with Crippen LogP contribution < -0.4 is 5.32 Å². The molecular formula is C18H33NO. The van der Waals surface area contributed by atoms with E-state index in [1.807, 2.05) is 0 Å². The number of fused-ring (bicyclic) bond motifs is 2. The highest BCUT2D eigenvalue weighted by atomic mass is 16.5. The van der Waals surface area contributed by atoms with Crippen molar-refractivity contribution >= 4 is 0 Å². The lowest BCUT2D eigenvalue weighted by Gasteiger charge is -2.45. The zero-order chi connectivity index (χ0) is 13.8. The largest absolute Gasteiger partial charge is 0.383 e. The standard InChI is InChI=1S/C18H33NO/c1-20-11-10-19-14-18(13-15-8-9-17(18)12-15)16-6-4-2-3-5-7-16/h15-17,19H,2-14H2,1H3. The minimum Gasteiger partial charge on any atom is -0.383 e. The molecule has 3 saturated carbocycles. The van der Waals surface area contributed by atoms with Crippen molar-refractivity contribution in [2.75, 3.05) is 26.8 Å². The second kappa shape index (κ2) is 6.79. The number of ether oxygens (including phenoxy) is 1. The van der Waals surface area contributed by atoms with Gasteiger partial charge in [0.05, 0.1) is 6.61 Å². The monoisotopic (exact) mass is 279 g/mol. The summed E-state index contributed by atoms with van der Waals surface area (Å²) in [5.74, 6) is 3.11. The molecule has 0 saturated heterocycles. The van der Waals surface area contributed by atoms with E-state index in [4.69, 9.17) is 4.74 Å². The van der Waals surface area contributed by atoms with Crippen LogP contribution in [0.1, 0.15) is 64.2 Å². The first-order valence-electron chi connectivity index (χ1n) is 9.05. The van der Waals surface area contributed by atoms with Crippen LogP contribution in [0, 0.1) is 23.2 Å². The van der Waals surface area contributed by atoms with Crippen molar-refractivity contribution in [2.45, 2.75) is 64.2 Å². The summed E-state index contributed by atoms with van der Waals surface area (Å²) in [6.45, 7) is 3.15. The van der Waals surface area contributed by atoms with Gasteiger partial charge in [0.2, 0.25) is 0 Å². The third kappa shape index (κ3) is 2.92. The molecule has 116 valence electrons. The molecule has 1 N–H and O–H groups in total. The molecule has 0 heterocycles. The molecule has 0 aliphatic heterocycles. The predicted molar refractivity (Wildman–Crippen MR) is 83.8 cm³/mol. The first kappa shape index (κ1) is 14.8. The van der Waals surface area contributed by atoms with Crippen LogP contribution >= 0.6 is 0 Å². The Bertz CT molecular complexity index is 298. The Labute approximate surface area is 125 Å². The summed E-state index contributed by atoms with van der Waals surface area (Å²) in [5, 5.41) is 3.75. The molecule has 0 aromatic rings. The lowest BCUT2D eigenvalue weighted by molar-refractivity contribution is 0.0596. The summed E-state index contributed by atoms with van der Waals surface area (Å²) in [6.07, 6.45) is 15.1. The molecule has 2 heteroatoms. The molecule has 3 atom stereocenters. The molecule has 2 bridgehead atoms. The molecule has 3 unspecified atom stereocenters. The molecule has 3 rings (SSSR count). The number of hydrogen-bond acceptors (Lipinski definition) is 2. The van der Waals surface area contributed by atoms with Crippen LogP contribution in [0.2, 0.25) is 0 Å². The molecule has 0 amide bonds. The Morgan fingerprint density at radius 3 is 2.40 bits per heavy atom. The van der Waals surface area contributed by atoms with Gasteiger partial charge < -0.3 is 10.1 Å². The minimum atomic E-state index is 0.654. The van der Waals surface area contributed by atoms with E-state index in [2.05, 4.69) is 5.32 Å². The SMILES string of the molecule is COCCNCC1(C2CCCCCC2)CC2CCC1C2. The van der Waals surface area contributed by atoms with Crippen LogP contribution in [-0.2, 0) is 4.74 Å².